The Balaban J connectivity index is 2.18. The van der Waals surface area contributed by atoms with Gasteiger partial charge in [0.1, 0.15) is 11.6 Å². The minimum Gasteiger partial charge on any atom is -0.340 e. The lowest BCUT2D eigenvalue weighted by molar-refractivity contribution is 0.628. The summed E-state index contributed by atoms with van der Waals surface area (Å²) in [6.45, 7) is 0. The lowest BCUT2D eigenvalue weighted by Crippen LogP contribution is -1.92. The lowest BCUT2D eigenvalue weighted by atomic mass is 10.3. The van der Waals surface area contributed by atoms with Gasteiger partial charge in [-0.2, -0.15) is 0 Å². The molecule has 1 aromatic carbocycles. The Morgan fingerprint density at radius 2 is 1.87 bits per heavy atom. The number of anilines is 2. The van der Waals surface area contributed by atoms with Crippen LogP contribution in [0.4, 0.5) is 15.9 Å². The van der Waals surface area contributed by atoms with Gasteiger partial charge in [-0.15, -0.1) is 0 Å². The first-order valence-electron chi connectivity index (χ1n) is 4.38. The van der Waals surface area contributed by atoms with Crippen molar-refractivity contribution in [3.8, 4) is 0 Å². The average molecular weight is 223 g/mol. The fraction of sp³-hybridized carbons (Fsp3) is 0. The largest absolute Gasteiger partial charge is 0.340 e. The van der Waals surface area contributed by atoms with Crippen LogP contribution >= 0.6 is 11.6 Å². The second-order valence-corrected chi connectivity index (χ2v) is 3.43. The molecule has 0 bridgehead atoms. The molecule has 1 aromatic heterocycles. The molecule has 1 heterocycles. The first-order valence-corrected chi connectivity index (χ1v) is 4.76. The van der Waals surface area contributed by atoms with E-state index in [1.165, 1.54) is 12.1 Å². The number of hydrogen-bond acceptors (Lipinski definition) is 2. The predicted octanol–water partition coefficient (Wildman–Crippen LogP) is 3.62. The standard InChI is InChI=1S/C11H8ClFN2/c12-8-5-6-14-11(7-8)15-10-3-1-9(13)2-4-10/h1-7H,(H,14,15). The first-order chi connectivity index (χ1) is 7.24. The summed E-state index contributed by atoms with van der Waals surface area (Å²) >= 11 is 5.80. The molecule has 0 aliphatic heterocycles. The van der Waals surface area contributed by atoms with E-state index >= 15 is 0 Å². The lowest BCUT2D eigenvalue weighted by Gasteiger charge is -2.04. The summed E-state index contributed by atoms with van der Waals surface area (Å²) in [4.78, 5) is 4.07. The zero-order valence-electron chi connectivity index (χ0n) is 7.74. The molecule has 0 saturated heterocycles. The maximum atomic E-state index is 12.6. The molecule has 0 spiro atoms. The molecule has 0 aliphatic carbocycles. The third-order valence-corrected chi connectivity index (χ3v) is 2.07. The fourth-order valence-electron chi connectivity index (χ4n) is 1.15. The monoisotopic (exact) mass is 222 g/mol. The minimum absolute atomic E-state index is 0.264. The molecule has 1 N–H and O–H groups in total. The van der Waals surface area contributed by atoms with Gasteiger partial charge in [0, 0.05) is 16.9 Å². The number of pyridine rings is 1. The Morgan fingerprint density at radius 1 is 1.13 bits per heavy atom. The minimum atomic E-state index is -0.264. The SMILES string of the molecule is Fc1ccc(Nc2cc(Cl)ccn2)cc1. The first kappa shape index (κ1) is 9.93. The fourth-order valence-corrected chi connectivity index (χ4v) is 1.31. The van der Waals surface area contributed by atoms with Crippen molar-refractivity contribution in [2.24, 2.45) is 0 Å². The van der Waals surface area contributed by atoms with E-state index in [1.807, 2.05) is 0 Å². The third kappa shape index (κ3) is 2.67. The number of benzene rings is 1. The van der Waals surface area contributed by atoms with Gasteiger partial charge in [-0.1, -0.05) is 11.6 Å². The smallest absolute Gasteiger partial charge is 0.131 e. The van der Waals surface area contributed by atoms with Crippen LogP contribution in [-0.4, -0.2) is 4.98 Å². The molecule has 0 radical (unpaired) electrons. The molecule has 0 aliphatic rings. The van der Waals surface area contributed by atoms with Crippen molar-refractivity contribution < 1.29 is 4.39 Å². The molecule has 0 saturated carbocycles. The van der Waals surface area contributed by atoms with Crippen molar-refractivity contribution in [3.05, 3.63) is 53.4 Å². The van der Waals surface area contributed by atoms with Crippen LogP contribution in [-0.2, 0) is 0 Å². The summed E-state index contributed by atoms with van der Waals surface area (Å²) in [7, 11) is 0. The van der Waals surface area contributed by atoms with Crippen molar-refractivity contribution in [2.75, 3.05) is 5.32 Å². The molecule has 4 heteroatoms. The number of nitrogens with zero attached hydrogens (tertiary/aromatic N) is 1. The van der Waals surface area contributed by atoms with E-state index in [0.29, 0.717) is 10.8 Å². The number of rotatable bonds is 2. The van der Waals surface area contributed by atoms with Gasteiger partial charge >= 0.3 is 0 Å². The van der Waals surface area contributed by atoms with Crippen molar-refractivity contribution in [1.29, 1.82) is 0 Å². The van der Waals surface area contributed by atoms with Gasteiger partial charge in [0.2, 0.25) is 0 Å². The number of halogens is 2. The topological polar surface area (TPSA) is 24.9 Å². The zero-order chi connectivity index (χ0) is 10.7. The maximum absolute atomic E-state index is 12.6. The number of hydrogen-bond donors (Lipinski definition) is 1. The summed E-state index contributed by atoms with van der Waals surface area (Å²) in [6, 6.07) is 9.43. The molecule has 76 valence electrons. The van der Waals surface area contributed by atoms with Crippen LogP contribution in [0.5, 0.6) is 0 Å². The summed E-state index contributed by atoms with van der Waals surface area (Å²) in [6.07, 6.45) is 1.61. The maximum Gasteiger partial charge on any atom is 0.131 e. The zero-order valence-corrected chi connectivity index (χ0v) is 8.50. The van der Waals surface area contributed by atoms with Crippen LogP contribution in [0.25, 0.3) is 0 Å². The average Bonchev–Trinajstić information content (AvgIpc) is 2.22. The van der Waals surface area contributed by atoms with E-state index in [-0.39, 0.29) is 5.82 Å². The highest BCUT2D eigenvalue weighted by atomic mass is 35.5. The molecule has 2 nitrogen and oxygen atoms in total. The second-order valence-electron chi connectivity index (χ2n) is 2.99. The van der Waals surface area contributed by atoms with Gasteiger partial charge < -0.3 is 5.32 Å². The highest BCUT2D eigenvalue weighted by molar-refractivity contribution is 6.30. The van der Waals surface area contributed by atoms with E-state index in [1.54, 1.807) is 30.5 Å². The van der Waals surface area contributed by atoms with Crippen LogP contribution in [0.3, 0.4) is 0 Å². The molecular weight excluding hydrogens is 215 g/mol. The Bertz CT molecular complexity index is 456. The summed E-state index contributed by atoms with van der Waals surface area (Å²) in [5, 5.41) is 3.62. The molecule has 0 atom stereocenters. The van der Waals surface area contributed by atoms with Gasteiger partial charge in [0.25, 0.3) is 0 Å². The van der Waals surface area contributed by atoms with Crippen LogP contribution in [0.1, 0.15) is 0 Å². The summed E-state index contributed by atoms with van der Waals surface area (Å²) in [5.74, 6) is 0.369. The number of aromatic nitrogens is 1. The normalized spacial score (nSPS) is 10.0. The van der Waals surface area contributed by atoms with Crippen LogP contribution < -0.4 is 5.32 Å². The molecule has 2 rings (SSSR count). The van der Waals surface area contributed by atoms with Crippen LogP contribution in [0, 0.1) is 5.82 Å². The van der Waals surface area contributed by atoms with E-state index < -0.39 is 0 Å². The van der Waals surface area contributed by atoms with Gasteiger partial charge in [0.05, 0.1) is 0 Å². The molecule has 2 aromatic rings. The van der Waals surface area contributed by atoms with Gasteiger partial charge in [0.15, 0.2) is 0 Å². The summed E-state index contributed by atoms with van der Waals surface area (Å²) < 4.78 is 12.6. The van der Waals surface area contributed by atoms with Crippen LogP contribution in [0.15, 0.2) is 42.6 Å². The van der Waals surface area contributed by atoms with E-state index in [4.69, 9.17) is 11.6 Å². The quantitative estimate of drug-likeness (QED) is 0.840. The van der Waals surface area contributed by atoms with E-state index in [0.717, 1.165) is 5.69 Å². The van der Waals surface area contributed by atoms with Crippen LogP contribution in [0.2, 0.25) is 5.02 Å². The third-order valence-electron chi connectivity index (χ3n) is 1.84. The highest BCUT2D eigenvalue weighted by Gasteiger charge is 1.96. The van der Waals surface area contributed by atoms with Gasteiger partial charge in [-0.25, -0.2) is 9.37 Å². The Labute approximate surface area is 91.7 Å². The van der Waals surface area contributed by atoms with Crippen molar-refractivity contribution in [2.45, 2.75) is 0 Å². The Hall–Kier alpha value is -1.61. The van der Waals surface area contributed by atoms with E-state index in [9.17, 15) is 4.39 Å². The Morgan fingerprint density at radius 3 is 2.53 bits per heavy atom. The van der Waals surface area contributed by atoms with Gasteiger partial charge in [-0.05, 0) is 36.4 Å². The second kappa shape index (κ2) is 4.28. The van der Waals surface area contributed by atoms with Gasteiger partial charge in [-0.3, -0.25) is 0 Å². The highest BCUT2D eigenvalue weighted by Crippen LogP contribution is 2.17. The van der Waals surface area contributed by atoms with Crippen molar-refractivity contribution in [1.82, 2.24) is 4.98 Å². The molecule has 0 amide bonds. The van der Waals surface area contributed by atoms with Crippen molar-refractivity contribution >= 4 is 23.1 Å². The van der Waals surface area contributed by atoms with Crippen molar-refractivity contribution in [3.63, 3.8) is 0 Å². The molecular formula is C11H8ClFN2. The molecule has 0 unspecified atom stereocenters. The summed E-state index contributed by atoms with van der Waals surface area (Å²) in [5.41, 5.74) is 0.770. The Kier molecular flexibility index (Phi) is 2.83. The number of nitrogens with one attached hydrogen (secondary N) is 1. The molecule has 0 fully saturated rings. The predicted molar refractivity (Wildman–Crippen MR) is 58.9 cm³/mol. The molecule has 15 heavy (non-hydrogen) atoms. The van der Waals surface area contributed by atoms with E-state index in [2.05, 4.69) is 10.3 Å².